The number of aryl methyl sites for hydroxylation is 1. The zero-order valence-corrected chi connectivity index (χ0v) is 26.4. The maximum Gasteiger partial charge on any atom is 0.333 e. The van der Waals surface area contributed by atoms with Gasteiger partial charge in [-0.15, -0.1) is 0 Å². The largest absolute Gasteiger partial charge is 0.481 e. The number of fused-ring (bicyclic) bond motifs is 3. The molecule has 0 saturated carbocycles. The van der Waals surface area contributed by atoms with Crippen LogP contribution < -0.4 is 20.6 Å². The molecule has 2 atom stereocenters. The minimum atomic E-state index is -1.26. The lowest BCUT2D eigenvalue weighted by molar-refractivity contribution is -0.134. The Kier molecular flexibility index (Phi) is 9.40. The first-order chi connectivity index (χ1) is 22.0. The zero-order chi connectivity index (χ0) is 33.1. The van der Waals surface area contributed by atoms with Crippen LogP contribution in [0.1, 0.15) is 13.8 Å². The van der Waals surface area contributed by atoms with E-state index in [2.05, 4.69) is 40.1 Å². The van der Waals surface area contributed by atoms with Gasteiger partial charge in [-0.05, 0) is 55.8 Å². The van der Waals surface area contributed by atoms with E-state index in [1.807, 2.05) is 42.5 Å². The van der Waals surface area contributed by atoms with Crippen molar-refractivity contribution in [1.29, 1.82) is 0 Å². The maximum atomic E-state index is 13.6. The van der Waals surface area contributed by atoms with Gasteiger partial charge >= 0.3 is 17.6 Å². The van der Waals surface area contributed by atoms with Gasteiger partial charge in [-0.25, -0.2) is 19.4 Å². The number of anilines is 1. The number of nitrogens with one attached hydrogen (secondary N) is 1. The normalized spacial score (nSPS) is 16.4. The maximum absolute atomic E-state index is 13.6. The SMILES string of the molecule is COc1ccc(-c2ccc3ncc4c(c3c2)n(-c2ccc(N3C[C@@H](C)N[C@@H](C)C3)c(Cl)c2)c(=O)n4C)cn1.O=C(O)/C=C\C(=O)O. The lowest BCUT2D eigenvalue weighted by atomic mass is 10.0. The third kappa shape index (κ3) is 6.72. The number of hydrogen-bond acceptors (Lipinski definition) is 8. The second-order valence-corrected chi connectivity index (χ2v) is 11.4. The molecule has 0 unspecified atom stereocenters. The number of aromatic nitrogens is 4. The highest BCUT2D eigenvalue weighted by molar-refractivity contribution is 6.33. The topological polar surface area (TPSA) is 152 Å². The first-order valence-electron chi connectivity index (χ1n) is 14.4. The molecule has 0 aliphatic carbocycles. The summed E-state index contributed by atoms with van der Waals surface area (Å²) in [5, 5.41) is 20.7. The fourth-order valence-corrected chi connectivity index (χ4v) is 5.94. The lowest BCUT2D eigenvalue weighted by Crippen LogP contribution is -2.54. The number of carbonyl (C=O) groups is 2. The second-order valence-electron chi connectivity index (χ2n) is 11.0. The van der Waals surface area contributed by atoms with Crippen LogP contribution in [-0.2, 0) is 16.6 Å². The van der Waals surface area contributed by atoms with Crippen molar-refractivity contribution in [3.05, 3.63) is 88.6 Å². The summed E-state index contributed by atoms with van der Waals surface area (Å²) in [4.78, 5) is 44.0. The summed E-state index contributed by atoms with van der Waals surface area (Å²) < 4.78 is 8.56. The van der Waals surface area contributed by atoms with Crippen LogP contribution in [0.5, 0.6) is 5.88 Å². The molecule has 1 fully saturated rings. The number of carboxylic acid groups (broad SMARTS) is 2. The van der Waals surface area contributed by atoms with Crippen LogP contribution in [0.15, 0.2) is 77.9 Å². The highest BCUT2D eigenvalue weighted by Gasteiger charge is 2.24. The minimum absolute atomic E-state index is 0.154. The van der Waals surface area contributed by atoms with E-state index < -0.39 is 11.9 Å². The third-order valence-electron chi connectivity index (χ3n) is 7.62. The summed E-state index contributed by atoms with van der Waals surface area (Å²) in [5.74, 6) is -1.96. The van der Waals surface area contributed by atoms with Gasteiger partial charge < -0.3 is 25.2 Å². The molecule has 0 radical (unpaired) electrons. The van der Waals surface area contributed by atoms with E-state index >= 15 is 0 Å². The zero-order valence-electron chi connectivity index (χ0n) is 25.6. The Hall–Kier alpha value is -5.20. The Morgan fingerprint density at radius 2 is 1.63 bits per heavy atom. The lowest BCUT2D eigenvalue weighted by Gasteiger charge is -2.38. The summed E-state index contributed by atoms with van der Waals surface area (Å²) in [5.41, 5.74) is 5.80. The van der Waals surface area contributed by atoms with E-state index in [1.165, 1.54) is 0 Å². The number of ether oxygens (including phenoxy) is 1. The Morgan fingerprint density at radius 3 is 2.22 bits per heavy atom. The summed E-state index contributed by atoms with van der Waals surface area (Å²) in [6, 6.07) is 16.5. The van der Waals surface area contributed by atoms with E-state index in [0.717, 1.165) is 57.5 Å². The molecule has 3 N–H and O–H groups in total. The monoisotopic (exact) mass is 644 g/mol. The molecule has 0 amide bonds. The number of carboxylic acids is 2. The number of rotatable bonds is 6. The van der Waals surface area contributed by atoms with Crippen molar-refractivity contribution < 1.29 is 24.5 Å². The van der Waals surface area contributed by atoms with Gasteiger partial charge in [-0.3, -0.25) is 14.1 Å². The second kappa shape index (κ2) is 13.4. The summed E-state index contributed by atoms with van der Waals surface area (Å²) >= 11 is 6.85. The molecule has 1 saturated heterocycles. The highest BCUT2D eigenvalue weighted by atomic mass is 35.5. The molecule has 1 aliphatic rings. The predicted octanol–water partition coefficient (Wildman–Crippen LogP) is 4.50. The van der Waals surface area contributed by atoms with Crippen LogP contribution in [0.3, 0.4) is 0 Å². The minimum Gasteiger partial charge on any atom is -0.481 e. The number of hydrogen-bond donors (Lipinski definition) is 3. The molecule has 6 rings (SSSR count). The molecule has 0 spiro atoms. The third-order valence-corrected chi connectivity index (χ3v) is 7.92. The molecule has 12 nitrogen and oxygen atoms in total. The van der Waals surface area contributed by atoms with Gasteiger partial charge in [0.15, 0.2) is 0 Å². The van der Waals surface area contributed by atoms with Crippen LogP contribution in [0, 0.1) is 0 Å². The Labute approximate surface area is 269 Å². The Bertz CT molecular complexity index is 1990. The highest BCUT2D eigenvalue weighted by Crippen LogP contribution is 2.33. The first kappa shape index (κ1) is 32.2. The predicted molar refractivity (Wildman–Crippen MR) is 177 cm³/mol. The number of piperazine rings is 1. The molecular formula is C33H33ClN6O6. The summed E-state index contributed by atoms with van der Waals surface area (Å²) in [6.45, 7) is 6.10. The number of pyridine rings is 2. The van der Waals surface area contributed by atoms with Crippen LogP contribution >= 0.6 is 11.6 Å². The average molecular weight is 645 g/mol. The molecule has 0 bridgehead atoms. The van der Waals surface area contributed by atoms with Crippen molar-refractivity contribution in [2.45, 2.75) is 25.9 Å². The van der Waals surface area contributed by atoms with Gasteiger partial charge in [0.25, 0.3) is 0 Å². The quantitative estimate of drug-likeness (QED) is 0.225. The molecule has 1 aliphatic heterocycles. The molecule has 46 heavy (non-hydrogen) atoms. The average Bonchev–Trinajstić information content (AvgIpc) is 3.29. The molecule has 238 valence electrons. The molecule has 5 aromatic rings. The van der Waals surface area contributed by atoms with Gasteiger partial charge in [0.2, 0.25) is 5.88 Å². The van der Waals surface area contributed by atoms with Crippen LogP contribution in [0.25, 0.3) is 38.8 Å². The van der Waals surface area contributed by atoms with Gasteiger partial charge in [0, 0.05) is 67.6 Å². The Balaban J connectivity index is 0.000000463. The molecule has 2 aromatic carbocycles. The van der Waals surface area contributed by atoms with E-state index in [-0.39, 0.29) is 5.69 Å². The van der Waals surface area contributed by atoms with Crippen molar-refractivity contribution >= 4 is 51.2 Å². The Morgan fingerprint density at radius 1 is 0.957 bits per heavy atom. The number of nitrogens with zero attached hydrogens (tertiary/aromatic N) is 5. The number of benzene rings is 2. The van der Waals surface area contributed by atoms with Crippen LogP contribution in [0.4, 0.5) is 5.69 Å². The van der Waals surface area contributed by atoms with E-state index in [4.69, 9.17) is 26.6 Å². The summed E-state index contributed by atoms with van der Waals surface area (Å²) in [6.07, 6.45) is 4.65. The van der Waals surface area contributed by atoms with Crippen LogP contribution in [-0.4, -0.2) is 73.5 Å². The standard InChI is InChI=1S/C29H29ClN6O2.C4H4O4/c1-17-15-35(16-18(2)33-17)25-9-7-21(12-23(25)30)36-28-22-11-19(20-6-10-27(38-4)32-13-20)5-8-24(22)31-14-26(28)34(3)29(36)37;5-3(6)1-2-4(7)8/h5-14,17-18,33H,15-16H2,1-4H3;1-2H,(H,5,6)(H,7,8)/b;2-1-/t17-,18+;. The summed E-state index contributed by atoms with van der Waals surface area (Å²) in [7, 11) is 3.37. The molecule has 4 heterocycles. The smallest absolute Gasteiger partial charge is 0.333 e. The number of imidazole rings is 1. The van der Waals surface area contributed by atoms with Crippen molar-refractivity contribution in [3.63, 3.8) is 0 Å². The van der Waals surface area contributed by atoms with Crippen molar-refractivity contribution in [3.8, 4) is 22.7 Å². The molecule has 13 heteroatoms. The molecular weight excluding hydrogens is 612 g/mol. The molecule has 3 aromatic heterocycles. The van der Waals surface area contributed by atoms with Crippen molar-refractivity contribution in [2.75, 3.05) is 25.1 Å². The van der Waals surface area contributed by atoms with Gasteiger partial charge in [0.05, 0.1) is 46.3 Å². The fourth-order valence-electron chi connectivity index (χ4n) is 5.65. The van der Waals surface area contributed by atoms with Crippen molar-refractivity contribution in [2.24, 2.45) is 7.05 Å². The number of methoxy groups -OCH3 is 1. The van der Waals surface area contributed by atoms with Gasteiger partial charge in [0.1, 0.15) is 0 Å². The van der Waals surface area contributed by atoms with Crippen molar-refractivity contribution in [1.82, 2.24) is 24.4 Å². The van der Waals surface area contributed by atoms with Gasteiger partial charge in [-0.2, -0.15) is 0 Å². The van der Waals surface area contributed by atoms with Crippen LogP contribution in [0.2, 0.25) is 5.02 Å². The first-order valence-corrected chi connectivity index (χ1v) is 14.8. The van der Waals surface area contributed by atoms with E-state index in [1.54, 1.807) is 35.7 Å². The van der Waals surface area contributed by atoms with E-state index in [0.29, 0.717) is 35.1 Å². The van der Waals surface area contributed by atoms with E-state index in [9.17, 15) is 14.4 Å². The fraction of sp³-hybridized carbons (Fsp3) is 0.242. The van der Waals surface area contributed by atoms with Gasteiger partial charge in [-0.1, -0.05) is 17.7 Å². The number of halogens is 1. The number of aliphatic carboxylic acids is 2.